The minimum absolute atomic E-state index is 0.103. The highest BCUT2D eigenvalue weighted by Gasteiger charge is 2.14. The van der Waals surface area contributed by atoms with E-state index in [0.717, 1.165) is 33.9 Å². The number of nitrogens with one attached hydrogen (secondary N) is 1. The molecule has 0 aromatic heterocycles. The van der Waals surface area contributed by atoms with E-state index in [-0.39, 0.29) is 5.91 Å². The summed E-state index contributed by atoms with van der Waals surface area (Å²) in [5, 5.41) is 3.09. The Balaban J connectivity index is 1.82. The number of hydrogen-bond donors (Lipinski definition) is 1. The van der Waals surface area contributed by atoms with Gasteiger partial charge in [-0.2, -0.15) is 0 Å². The first-order chi connectivity index (χ1) is 14.0. The van der Waals surface area contributed by atoms with Gasteiger partial charge in [0.25, 0.3) is 5.91 Å². The molecule has 4 heteroatoms. The summed E-state index contributed by atoms with van der Waals surface area (Å²) in [5.74, 6) is 1.47. The molecule has 3 aromatic rings. The number of rotatable bonds is 7. The van der Waals surface area contributed by atoms with Crippen LogP contribution < -0.4 is 10.1 Å². The van der Waals surface area contributed by atoms with Crippen molar-refractivity contribution in [1.29, 1.82) is 0 Å². The van der Waals surface area contributed by atoms with Crippen molar-refractivity contribution < 1.29 is 9.53 Å². The highest BCUT2D eigenvalue weighted by atomic mass is 32.2. The van der Waals surface area contributed by atoms with Gasteiger partial charge >= 0.3 is 0 Å². The van der Waals surface area contributed by atoms with Gasteiger partial charge in [0.05, 0.1) is 6.61 Å². The lowest BCUT2D eigenvalue weighted by Gasteiger charge is -2.15. The lowest BCUT2D eigenvalue weighted by Crippen LogP contribution is -2.14. The van der Waals surface area contributed by atoms with Gasteiger partial charge in [0.2, 0.25) is 0 Å². The quantitative estimate of drug-likeness (QED) is 0.453. The smallest absolute Gasteiger partial charge is 0.255 e. The summed E-state index contributed by atoms with van der Waals surface area (Å²) in [6.07, 6.45) is 0. The standard InChI is InChI=1S/C25H27NO2S/c1-5-28-23-12-11-20(15-21(23)16-29-22-9-7-6-8-10-22)25(27)26-24-18(3)13-17(2)14-19(24)4/h6-15H,5,16H2,1-4H3,(H,26,27). The maximum atomic E-state index is 12.9. The Hall–Kier alpha value is -2.72. The number of anilines is 1. The Morgan fingerprint density at radius 3 is 2.31 bits per heavy atom. The third-order valence-electron chi connectivity index (χ3n) is 4.68. The number of hydrogen-bond acceptors (Lipinski definition) is 3. The molecule has 0 aliphatic rings. The molecule has 1 N–H and O–H groups in total. The SMILES string of the molecule is CCOc1ccc(C(=O)Nc2c(C)cc(C)cc2C)cc1CSc1ccccc1. The molecule has 0 spiro atoms. The van der Waals surface area contributed by atoms with E-state index in [9.17, 15) is 4.79 Å². The average Bonchev–Trinajstić information content (AvgIpc) is 2.70. The van der Waals surface area contributed by atoms with Gasteiger partial charge in [0.1, 0.15) is 5.75 Å². The van der Waals surface area contributed by atoms with Crippen LogP contribution in [-0.4, -0.2) is 12.5 Å². The summed E-state index contributed by atoms with van der Waals surface area (Å²) in [6, 6.07) is 20.1. The minimum atomic E-state index is -0.103. The summed E-state index contributed by atoms with van der Waals surface area (Å²) >= 11 is 1.73. The summed E-state index contributed by atoms with van der Waals surface area (Å²) in [6.45, 7) is 8.67. The Labute approximate surface area is 177 Å². The molecule has 1 amide bonds. The molecular formula is C25H27NO2S. The zero-order valence-electron chi connectivity index (χ0n) is 17.4. The van der Waals surface area contributed by atoms with E-state index >= 15 is 0 Å². The number of thioether (sulfide) groups is 1. The van der Waals surface area contributed by atoms with Crippen LogP contribution in [0.2, 0.25) is 0 Å². The monoisotopic (exact) mass is 405 g/mol. The summed E-state index contributed by atoms with van der Waals surface area (Å²) in [4.78, 5) is 14.1. The Kier molecular flexibility index (Phi) is 6.99. The molecule has 3 aromatic carbocycles. The molecule has 0 heterocycles. The molecule has 3 nitrogen and oxygen atoms in total. The second-order valence-electron chi connectivity index (χ2n) is 7.09. The molecule has 0 aliphatic carbocycles. The van der Waals surface area contributed by atoms with Crippen molar-refractivity contribution >= 4 is 23.4 Å². The fourth-order valence-electron chi connectivity index (χ4n) is 3.37. The van der Waals surface area contributed by atoms with Crippen molar-refractivity contribution in [3.63, 3.8) is 0 Å². The average molecular weight is 406 g/mol. The second kappa shape index (κ2) is 9.66. The molecule has 0 aliphatic heterocycles. The normalized spacial score (nSPS) is 10.6. The van der Waals surface area contributed by atoms with Crippen LogP contribution in [0.5, 0.6) is 5.75 Å². The van der Waals surface area contributed by atoms with Gasteiger partial charge in [-0.3, -0.25) is 4.79 Å². The molecule has 0 saturated carbocycles. The van der Waals surface area contributed by atoms with Gasteiger partial charge in [-0.15, -0.1) is 11.8 Å². The van der Waals surface area contributed by atoms with Crippen LogP contribution in [0.3, 0.4) is 0 Å². The molecule has 0 atom stereocenters. The molecule has 3 rings (SSSR count). The highest BCUT2D eigenvalue weighted by molar-refractivity contribution is 7.98. The van der Waals surface area contributed by atoms with Crippen LogP contribution >= 0.6 is 11.8 Å². The predicted molar refractivity (Wildman–Crippen MR) is 122 cm³/mol. The highest BCUT2D eigenvalue weighted by Crippen LogP contribution is 2.30. The Bertz CT molecular complexity index is 976. The van der Waals surface area contributed by atoms with Gasteiger partial charge < -0.3 is 10.1 Å². The zero-order valence-corrected chi connectivity index (χ0v) is 18.2. The Morgan fingerprint density at radius 1 is 0.966 bits per heavy atom. The number of amides is 1. The van der Waals surface area contributed by atoms with Crippen molar-refractivity contribution in [1.82, 2.24) is 0 Å². The van der Waals surface area contributed by atoms with Crippen LogP contribution in [0.15, 0.2) is 65.6 Å². The third-order valence-corrected chi connectivity index (χ3v) is 5.74. The fourth-order valence-corrected chi connectivity index (χ4v) is 4.27. The van der Waals surface area contributed by atoms with E-state index < -0.39 is 0 Å². The summed E-state index contributed by atoms with van der Waals surface area (Å²) in [5.41, 5.74) is 5.87. The largest absolute Gasteiger partial charge is 0.494 e. The molecule has 0 fully saturated rings. The number of benzene rings is 3. The van der Waals surface area contributed by atoms with Gasteiger partial charge in [-0.25, -0.2) is 0 Å². The lowest BCUT2D eigenvalue weighted by atomic mass is 10.0. The Morgan fingerprint density at radius 2 is 1.66 bits per heavy atom. The van der Waals surface area contributed by atoms with Crippen LogP contribution in [0, 0.1) is 20.8 Å². The first-order valence-corrected chi connectivity index (χ1v) is 10.8. The maximum Gasteiger partial charge on any atom is 0.255 e. The summed E-state index contributed by atoms with van der Waals surface area (Å²) < 4.78 is 5.78. The fraction of sp³-hybridized carbons (Fsp3) is 0.240. The zero-order chi connectivity index (χ0) is 20.8. The van der Waals surface area contributed by atoms with Crippen molar-refractivity contribution in [2.75, 3.05) is 11.9 Å². The van der Waals surface area contributed by atoms with Gasteiger partial charge in [-0.05, 0) is 69.2 Å². The second-order valence-corrected chi connectivity index (χ2v) is 8.13. The van der Waals surface area contributed by atoms with E-state index in [0.29, 0.717) is 12.2 Å². The number of aryl methyl sites for hydroxylation is 3. The first-order valence-electron chi connectivity index (χ1n) is 9.80. The topological polar surface area (TPSA) is 38.3 Å². The lowest BCUT2D eigenvalue weighted by molar-refractivity contribution is 0.102. The molecule has 150 valence electrons. The first kappa shape index (κ1) is 21.0. The minimum Gasteiger partial charge on any atom is -0.494 e. The number of carbonyl (C=O) groups excluding carboxylic acids is 1. The molecule has 0 radical (unpaired) electrons. The van der Waals surface area contributed by atoms with E-state index in [1.54, 1.807) is 11.8 Å². The number of ether oxygens (including phenoxy) is 1. The van der Waals surface area contributed by atoms with Crippen LogP contribution in [0.25, 0.3) is 0 Å². The van der Waals surface area contributed by atoms with Crippen molar-refractivity contribution in [3.8, 4) is 5.75 Å². The van der Waals surface area contributed by atoms with Gasteiger partial charge in [0.15, 0.2) is 0 Å². The van der Waals surface area contributed by atoms with E-state index in [4.69, 9.17) is 4.74 Å². The van der Waals surface area contributed by atoms with Crippen LogP contribution in [-0.2, 0) is 5.75 Å². The van der Waals surface area contributed by atoms with Crippen LogP contribution in [0.4, 0.5) is 5.69 Å². The third kappa shape index (κ3) is 5.42. The van der Waals surface area contributed by atoms with Crippen LogP contribution in [0.1, 0.15) is 39.5 Å². The van der Waals surface area contributed by atoms with Crippen molar-refractivity contribution in [3.05, 3.63) is 88.5 Å². The molecule has 0 unspecified atom stereocenters. The number of carbonyl (C=O) groups is 1. The predicted octanol–water partition coefficient (Wildman–Crippen LogP) is 6.56. The van der Waals surface area contributed by atoms with Crippen molar-refractivity contribution in [2.24, 2.45) is 0 Å². The molecular weight excluding hydrogens is 378 g/mol. The summed E-state index contributed by atoms with van der Waals surface area (Å²) in [7, 11) is 0. The van der Waals surface area contributed by atoms with Gasteiger partial charge in [0, 0.05) is 27.5 Å². The molecule has 29 heavy (non-hydrogen) atoms. The van der Waals surface area contributed by atoms with E-state index in [1.165, 1.54) is 10.5 Å². The molecule has 0 bridgehead atoms. The van der Waals surface area contributed by atoms with Crippen molar-refractivity contribution in [2.45, 2.75) is 38.3 Å². The van der Waals surface area contributed by atoms with E-state index in [2.05, 4.69) is 36.5 Å². The molecule has 0 saturated heterocycles. The van der Waals surface area contributed by atoms with Gasteiger partial charge in [-0.1, -0.05) is 35.9 Å². The maximum absolute atomic E-state index is 12.9. The van der Waals surface area contributed by atoms with E-state index in [1.807, 2.05) is 57.2 Å².